The minimum Gasteiger partial charge on any atom is -0.379 e. The molecular weight excluding hydrogens is 221 g/mol. The Morgan fingerprint density at radius 2 is 2.12 bits per heavy atom. The molecule has 1 heterocycles. The third-order valence-electron chi connectivity index (χ3n) is 2.91. The molecule has 0 unspecified atom stereocenters. The molecule has 0 N–H and O–H groups in total. The summed E-state index contributed by atoms with van der Waals surface area (Å²) in [5, 5.41) is 0. The van der Waals surface area contributed by atoms with E-state index in [2.05, 4.69) is 4.90 Å². The van der Waals surface area contributed by atoms with Gasteiger partial charge in [0.25, 0.3) is 0 Å². The average Bonchev–Trinajstić information content (AvgIpc) is 2.37. The van der Waals surface area contributed by atoms with Gasteiger partial charge >= 0.3 is 0 Å². The molecule has 0 aromatic heterocycles. The van der Waals surface area contributed by atoms with E-state index in [1.54, 1.807) is 12.1 Å². The summed E-state index contributed by atoms with van der Waals surface area (Å²) in [5.41, 5.74) is 0.457. The first-order valence-corrected chi connectivity index (χ1v) is 5.84. The lowest BCUT2D eigenvalue weighted by molar-refractivity contribution is 0.0370. The van der Waals surface area contributed by atoms with Gasteiger partial charge in [0, 0.05) is 31.6 Å². The highest BCUT2D eigenvalue weighted by atomic mass is 19.1. The quantitative estimate of drug-likeness (QED) is 0.747. The first-order chi connectivity index (χ1) is 8.25. The van der Waals surface area contributed by atoms with Crippen molar-refractivity contribution in [3.8, 4) is 0 Å². The molecule has 0 saturated carbocycles. The summed E-state index contributed by atoms with van der Waals surface area (Å²) >= 11 is 0. The molecule has 0 atom stereocenters. The third-order valence-corrected chi connectivity index (χ3v) is 2.91. The SMILES string of the molecule is O=C(CCN1CCOCC1)c1cccc(F)c1. The predicted octanol–water partition coefficient (Wildman–Crippen LogP) is 1.73. The van der Waals surface area contributed by atoms with Gasteiger partial charge in [0.05, 0.1) is 13.2 Å². The fourth-order valence-electron chi connectivity index (χ4n) is 1.89. The molecule has 1 aromatic rings. The molecule has 2 rings (SSSR count). The van der Waals surface area contributed by atoms with Crippen LogP contribution in [0.25, 0.3) is 0 Å². The van der Waals surface area contributed by atoms with Gasteiger partial charge in [0.2, 0.25) is 0 Å². The van der Waals surface area contributed by atoms with Crippen LogP contribution in [0.15, 0.2) is 24.3 Å². The summed E-state index contributed by atoms with van der Waals surface area (Å²) < 4.78 is 18.2. The maximum atomic E-state index is 12.9. The molecule has 0 radical (unpaired) electrons. The zero-order chi connectivity index (χ0) is 12.1. The lowest BCUT2D eigenvalue weighted by atomic mass is 10.1. The fraction of sp³-hybridized carbons (Fsp3) is 0.462. The van der Waals surface area contributed by atoms with Crippen molar-refractivity contribution in [2.45, 2.75) is 6.42 Å². The monoisotopic (exact) mass is 237 g/mol. The zero-order valence-corrected chi connectivity index (χ0v) is 9.69. The molecule has 0 amide bonds. The molecule has 1 aliphatic rings. The minimum atomic E-state index is -0.359. The number of nitrogens with zero attached hydrogens (tertiary/aromatic N) is 1. The third kappa shape index (κ3) is 3.61. The number of rotatable bonds is 4. The summed E-state index contributed by atoms with van der Waals surface area (Å²) in [6, 6.07) is 5.86. The van der Waals surface area contributed by atoms with Gasteiger partial charge in [-0.2, -0.15) is 0 Å². The van der Waals surface area contributed by atoms with Gasteiger partial charge in [0.15, 0.2) is 5.78 Å². The summed E-state index contributed by atoms with van der Waals surface area (Å²) in [7, 11) is 0. The van der Waals surface area contributed by atoms with Crippen LogP contribution in [0.4, 0.5) is 4.39 Å². The summed E-state index contributed by atoms with van der Waals surface area (Å²) in [6.45, 7) is 3.92. The zero-order valence-electron chi connectivity index (χ0n) is 9.69. The number of hydrogen-bond acceptors (Lipinski definition) is 3. The van der Waals surface area contributed by atoms with E-state index in [4.69, 9.17) is 4.74 Å². The molecule has 0 spiro atoms. The van der Waals surface area contributed by atoms with E-state index in [9.17, 15) is 9.18 Å². The first kappa shape index (κ1) is 12.2. The van der Waals surface area contributed by atoms with E-state index in [1.807, 2.05) is 0 Å². The number of Topliss-reactive ketones (excluding diaryl/α,β-unsaturated/α-hetero) is 1. The topological polar surface area (TPSA) is 29.5 Å². The van der Waals surface area contributed by atoms with Crippen molar-refractivity contribution in [3.63, 3.8) is 0 Å². The van der Waals surface area contributed by atoms with Crippen LogP contribution in [0.5, 0.6) is 0 Å². The Bertz CT molecular complexity index is 389. The number of carbonyl (C=O) groups excluding carboxylic acids is 1. The second-order valence-corrected chi connectivity index (χ2v) is 4.14. The summed E-state index contributed by atoms with van der Waals surface area (Å²) in [6.07, 6.45) is 0.434. The lowest BCUT2D eigenvalue weighted by Crippen LogP contribution is -2.37. The molecule has 1 aromatic carbocycles. The normalized spacial score (nSPS) is 17.0. The number of ketones is 1. The van der Waals surface area contributed by atoms with Crippen molar-refractivity contribution in [1.29, 1.82) is 0 Å². The van der Waals surface area contributed by atoms with Gasteiger partial charge in [-0.1, -0.05) is 12.1 Å². The van der Waals surface area contributed by atoms with Gasteiger partial charge in [-0.3, -0.25) is 9.69 Å². The van der Waals surface area contributed by atoms with E-state index >= 15 is 0 Å². The van der Waals surface area contributed by atoms with Crippen molar-refractivity contribution in [1.82, 2.24) is 4.90 Å². The van der Waals surface area contributed by atoms with Crippen LogP contribution < -0.4 is 0 Å². The highest BCUT2D eigenvalue weighted by Gasteiger charge is 2.13. The molecule has 4 heteroatoms. The Morgan fingerprint density at radius 1 is 1.35 bits per heavy atom. The Balaban J connectivity index is 1.84. The van der Waals surface area contributed by atoms with Crippen LogP contribution in [0.3, 0.4) is 0 Å². The molecule has 1 fully saturated rings. The maximum Gasteiger partial charge on any atom is 0.164 e. The van der Waals surface area contributed by atoms with E-state index < -0.39 is 0 Å². The highest BCUT2D eigenvalue weighted by molar-refractivity contribution is 5.96. The largest absolute Gasteiger partial charge is 0.379 e. The molecule has 0 bridgehead atoms. The molecule has 1 saturated heterocycles. The number of morpholine rings is 1. The van der Waals surface area contributed by atoms with Crippen molar-refractivity contribution < 1.29 is 13.9 Å². The van der Waals surface area contributed by atoms with Crippen molar-refractivity contribution in [3.05, 3.63) is 35.6 Å². The van der Waals surface area contributed by atoms with Crippen molar-refractivity contribution in [2.24, 2.45) is 0 Å². The lowest BCUT2D eigenvalue weighted by Gasteiger charge is -2.26. The number of ether oxygens (including phenoxy) is 1. The van der Waals surface area contributed by atoms with Crippen molar-refractivity contribution in [2.75, 3.05) is 32.8 Å². The predicted molar refractivity (Wildman–Crippen MR) is 62.6 cm³/mol. The number of halogens is 1. The van der Waals surface area contributed by atoms with Crippen LogP contribution in [-0.2, 0) is 4.74 Å². The van der Waals surface area contributed by atoms with Crippen LogP contribution in [0, 0.1) is 5.82 Å². The van der Waals surface area contributed by atoms with Crippen molar-refractivity contribution >= 4 is 5.78 Å². The minimum absolute atomic E-state index is 0.00371. The van der Waals surface area contributed by atoms with Crippen LogP contribution in [-0.4, -0.2) is 43.5 Å². The number of benzene rings is 1. The van der Waals surface area contributed by atoms with Gasteiger partial charge < -0.3 is 4.74 Å². The molecule has 92 valence electrons. The fourth-order valence-corrected chi connectivity index (χ4v) is 1.89. The summed E-state index contributed by atoms with van der Waals surface area (Å²) in [5.74, 6) is -0.363. The van der Waals surface area contributed by atoms with Gasteiger partial charge in [0.1, 0.15) is 5.82 Å². The average molecular weight is 237 g/mol. The standard InChI is InChI=1S/C13H16FNO2/c14-12-3-1-2-11(10-12)13(16)4-5-15-6-8-17-9-7-15/h1-3,10H,4-9H2. The van der Waals surface area contributed by atoms with Crippen LogP contribution in [0.2, 0.25) is 0 Å². The van der Waals surface area contributed by atoms with E-state index in [-0.39, 0.29) is 11.6 Å². The molecular formula is C13H16FNO2. The molecule has 3 nitrogen and oxygen atoms in total. The Morgan fingerprint density at radius 3 is 2.82 bits per heavy atom. The Kier molecular flexibility index (Phi) is 4.23. The van der Waals surface area contributed by atoms with E-state index in [0.717, 1.165) is 32.8 Å². The molecule has 0 aliphatic carbocycles. The van der Waals surface area contributed by atoms with Crippen LogP contribution in [0.1, 0.15) is 16.8 Å². The Labute approximate surface area is 100 Å². The van der Waals surface area contributed by atoms with Gasteiger partial charge in [-0.15, -0.1) is 0 Å². The maximum absolute atomic E-state index is 12.9. The summed E-state index contributed by atoms with van der Waals surface area (Å²) in [4.78, 5) is 14.0. The molecule has 1 aliphatic heterocycles. The first-order valence-electron chi connectivity index (χ1n) is 5.84. The smallest absolute Gasteiger partial charge is 0.164 e. The van der Waals surface area contributed by atoms with Gasteiger partial charge in [-0.05, 0) is 12.1 Å². The number of hydrogen-bond donors (Lipinski definition) is 0. The number of carbonyl (C=O) groups is 1. The second-order valence-electron chi connectivity index (χ2n) is 4.14. The van der Waals surface area contributed by atoms with Gasteiger partial charge in [-0.25, -0.2) is 4.39 Å². The van der Waals surface area contributed by atoms with E-state index in [1.165, 1.54) is 12.1 Å². The van der Waals surface area contributed by atoms with Crippen LogP contribution >= 0.6 is 0 Å². The second kappa shape index (κ2) is 5.89. The van der Waals surface area contributed by atoms with E-state index in [0.29, 0.717) is 12.0 Å². The Hall–Kier alpha value is -1.26. The molecule has 17 heavy (non-hydrogen) atoms. The highest BCUT2D eigenvalue weighted by Crippen LogP contribution is 2.07.